The van der Waals surface area contributed by atoms with Gasteiger partial charge in [0.1, 0.15) is 0 Å². The Hall–Kier alpha value is -0.540. The van der Waals surface area contributed by atoms with Crippen molar-refractivity contribution in [2.75, 3.05) is 6.61 Å². The van der Waals surface area contributed by atoms with Crippen LogP contribution < -0.4 is 0 Å². The molecule has 2 nitrogen and oxygen atoms in total. The van der Waals surface area contributed by atoms with Gasteiger partial charge >= 0.3 is 5.97 Å². The average Bonchev–Trinajstić information content (AvgIpc) is 2.13. The van der Waals surface area contributed by atoms with Gasteiger partial charge in [-0.15, -0.1) is 0 Å². The summed E-state index contributed by atoms with van der Waals surface area (Å²) in [7, 11) is 0. The summed E-state index contributed by atoms with van der Waals surface area (Å²) in [6.45, 7) is 4.01. The van der Waals surface area contributed by atoms with E-state index in [0.29, 0.717) is 17.2 Å². The summed E-state index contributed by atoms with van der Waals surface area (Å²) >= 11 is 9.25. The Labute approximate surface area is 96.3 Å². The Kier molecular flexibility index (Phi) is 3.96. The summed E-state index contributed by atoms with van der Waals surface area (Å²) in [5.41, 5.74) is 1.38. The lowest BCUT2D eigenvalue weighted by atomic mass is 10.1. The molecule has 0 unspecified atom stereocenters. The number of hydrogen-bond donors (Lipinski definition) is 0. The predicted molar refractivity (Wildman–Crippen MR) is 59.8 cm³/mol. The van der Waals surface area contributed by atoms with Crippen LogP contribution in [-0.2, 0) is 4.74 Å². The van der Waals surface area contributed by atoms with Gasteiger partial charge in [0.05, 0.1) is 12.2 Å². The quantitative estimate of drug-likeness (QED) is 0.772. The second kappa shape index (κ2) is 4.80. The molecule has 1 rings (SSSR count). The lowest BCUT2D eigenvalue weighted by molar-refractivity contribution is 0.0526. The number of halogens is 2. The van der Waals surface area contributed by atoms with E-state index in [9.17, 15) is 4.79 Å². The molecule has 0 bridgehead atoms. The maximum Gasteiger partial charge on any atom is 0.338 e. The number of esters is 1. The minimum Gasteiger partial charge on any atom is -0.462 e. The van der Waals surface area contributed by atoms with Crippen LogP contribution in [0.5, 0.6) is 0 Å². The molecule has 76 valence electrons. The SMILES string of the molecule is CCOC(=O)c1cc(Cl)c(C)c(Br)c1. The van der Waals surface area contributed by atoms with E-state index in [1.807, 2.05) is 6.92 Å². The molecule has 0 saturated heterocycles. The number of hydrogen-bond acceptors (Lipinski definition) is 2. The van der Waals surface area contributed by atoms with Crippen LogP contribution in [0, 0.1) is 6.92 Å². The molecular formula is C10H10BrClO2. The first kappa shape index (κ1) is 11.5. The summed E-state index contributed by atoms with van der Waals surface area (Å²) in [4.78, 5) is 11.4. The standard InChI is InChI=1S/C10H10BrClO2/c1-3-14-10(13)7-4-8(11)6(2)9(12)5-7/h4-5H,3H2,1-2H3. The van der Waals surface area contributed by atoms with E-state index in [1.54, 1.807) is 19.1 Å². The van der Waals surface area contributed by atoms with E-state index >= 15 is 0 Å². The third-order valence-electron chi connectivity index (χ3n) is 1.79. The second-order valence-corrected chi connectivity index (χ2v) is 4.05. The average molecular weight is 278 g/mol. The zero-order valence-electron chi connectivity index (χ0n) is 7.93. The van der Waals surface area contributed by atoms with Crippen LogP contribution in [0.4, 0.5) is 0 Å². The molecule has 14 heavy (non-hydrogen) atoms. The molecular weight excluding hydrogens is 267 g/mol. The smallest absolute Gasteiger partial charge is 0.338 e. The normalized spacial score (nSPS) is 10.0. The fourth-order valence-corrected chi connectivity index (χ4v) is 1.77. The minimum atomic E-state index is -0.352. The van der Waals surface area contributed by atoms with Crippen molar-refractivity contribution >= 4 is 33.5 Å². The summed E-state index contributed by atoms with van der Waals surface area (Å²) in [6, 6.07) is 3.32. The van der Waals surface area contributed by atoms with Gasteiger partial charge in [0.2, 0.25) is 0 Å². The lowest BCUT2D eigenvalue weighted by Gasteiger charge is -2.05. The number of carbonyl (C=O) groups excluding carboxylic acids is 1. The molecule has 0 heterocycles. The van der Waals surface area contributed by atoms with Gasteiger partial charge in [0.25, 0.3) is 0 Å². The van der Waals surface area contributed by atoms with E-state index in [2.05, 4.69) is 15.9 Å². The molecule has 0 fully saturated rings. The zero-order valence-corrected chi connectivity index (χ0v) is 10.3. The Morgan fingerprint density at radius 2 is 2.21 bits per heavy atom. The summed E-state index contributed by atoms with van der Waals surface area (Å²) in [6.07, 6.45) is 0. The largest absolute Gasteiger partial charge is 0.462 e. The van der Waals surface area contributed by atoms with Crippen molar-refractivity contribution in [3.05, 3.63) is 32.8 Å². The van der Waals surface area contributed by atoms with Crippen LogP contribution >= 0.6 is 27.5 Å². The van der Waals surface area contributed by atoms with Gasteiger partial charge < -0.3 is 4.74 Å². The van der Waals surface area contributed by atoms with Gasteiger partial charge in [-0.2, -0.15) is 0 Å². The molecule has 0 spiro atoms. The van der Waals surface area contributed by atoms with Crippen LogP contribution in [-0.4, -0.2) is 12.6 Å². The monoisotopic (exact) mass is 276 g/mol. The Morgan fingerprint density at radius 1 is 1.57 bits per heavy atom. The fraction of sp³-hybridized carbons (Fsp3) is 0.300. The van der Waals surface area contributed by atoms with Crippen molar-refractivity contribution in [2.45, 2.75) is 13.8 Å². The molecule has 0 radical (unpaired) electrons. The van der Waals surface area contributed by atoms with E-state index in [4.69, 9.17) is 16.3 Å². The highest BCUT2D eigenvalue weighted by Gasteiger charge is 2.10. The molecule has 0 saturated carbocycles. The van der Waals surface area contributed by atoms with Crippen LogP contribution in [0.15, 0.2) is 16.6 Å². The number of ether oxygens (including phenoxy) is 1. The Bertz CT molecular complexity index is 340. The summed E-state index contributed by atoms with van der Waals surface area (Å²) in [5.74, 6) is -0.352. The van der Waals surface area contributed by atoms with E-state index < -0.39 is 0 Å². The fourth-order valence-electron chi connectivity index (χ4n) is 0.978. The van der Waals surface area contributed by atoms with Gasteiger partial charge in [-0.1, -0.05) is 27.5 Å². The minimum absolute atomic E-state index is 0.352. The third kappa shape index (κ3) is 2.49. The number of carbonyl (C=O) groups is 1. The number of benzene rings is 1. The molecule has 0 amide bonds. The first-order valence-electron chi connectivity index (χ1n) is 4.19. The molecule has 0 aliphatic heterocycles. The maximum atomic E-state index is 11.4. The molecule has 0 N–H and O–H groups in total. The van der Waals surface area contributed by atoms with Crippen molar-refractivity contribution in [2.24, 2.45) is 0 Å². The van der Waals surface area contributed by atoms with Crippen molar-refractivity contribution in [1.82, 2.24) is 0 Å². The van der Waals surface area contributed by atoms with E-state index in [0.717, 1.165) is 10.0 Å². The number of rotatable bonds is 2. The van der Waals surface area contributed by atoms with Gasteiger partial charge in [0.15, 0.2) is 0 Å². The van der Waals surface area contributed by atoms with Gasteiger partial charge in [0, 0.05) is 9.50 Å². The predicted octanol–water partition coefficient (Wildman–Crippen LogP) is 3.59. The first-order chi connectivity index (χ1) is 6.56. The highest BCUT2D eigenvalue weighted by atomic mass is 79.9. The van der Waals surface area contributed by atoms with Crippen LogP contribution in [0.3, 0.4) is 0 Å². The molecule has 1 aromatic carbocycles. The molecule has 0 aliphatic rings. The summed E-state index contributed by atoms with van der Waals surface area (Å²) in [5, 5.41) is 0.558. The maximum absolute atomic E-state index is 11.4. The highest BCUT2D eigenvalue weighted by molar-refractivity contribution is 9.10. The Morgan fingerprint density at radius 3 is 2.71 bits per heavy atom. The molecule has 0 atom stereocenters. The van der Waals surface area contributed by atoms with E-state index in [1.165, 1.54) is 0 Å². The molecule has 0 aromatic heterocycles. The second-order valence-electron chi connectivity index (χ2n) is 2.79. The zero-order chi connectivity index (χ0) is 10.7. The van der Waals surface area contributed by atoms with E-state index in [-0.39, 0.29) is 5.97 Å². The van der Waals surface area contributed by atoms with Gasteiger partial charge in [-0.05, 0) is 31.5 Å². The van der Waals surface area contributed by atoms with Crippen molar-refractivity contribution in [1.29, 1.82) is 0 Å². The van der Waals surface area contributed by atoms with Crippen LogP contribution in [0.2, 0.25) is 5.02 Å². The topological polar surface area (TPSA) is 26.3 Å². The molecule has 0 aliphatic carbocycles. The van der Waals surface area contributed by atoms with Crippen molar-refractivity contribution in [3.63, 3.8) is 0 Å². The lowest BCUT2D eigenvalue weighted by Crippen LogP contribution is -2.04. The van der Waals surface area contributed by atoms with Crippen molar-refractivity contribution < 1.29 is 9.53 Å². The highest BCUT2D eigenvalue weighted by Crippen LogP contribution is 2.26. The van der Waals surface area contributed by atoms with Crippen LogP contribution in [0.25, 0.3) is 0 Å². The Balaban J connectivity index is 3.06. The first-order valence-corrected chi connectivity index (χ1v) is 5.36. The molecule has 4 heteroatoms. The summed E-state index contributed by atoms with van der Waals surface area (Å²) < 4.78 is 5.67. The third-order valence-corrected chi connectivity index (χ3v) is 3.01. The van der Waals surface area contributed by atoms with Gasteiger partial charge in [-0.3, -0.25) is 0 Å². The van der Waals surface area contributed by atoms with Crippen LogP contribution in [0.1, 0.15) is 22.8 Å². The van der Waals surface area contributed by atoms with Gasteiger partial charge in [-0.25, -0.2) is 4.79 Å². The van der Waals surface area contributed by atoms with Crippen molar-refractivity contribution in [3.8, 4) is 0 Å². The molecule has 1 aromatic rings.